The van der Waals surface area contributed by atoms with Gasteiger partial charge in [0, 0.05) is 16.8 Å². The number of anilines is 3. The van der Waals surface area contributed by atoms with Gasteiger partial charge in [-0.3, -0.25) is 0 Å². The Morgan fingerprint density at radius 3 is 1.87 bits per heavy atom. The van der Waals surface area contributed by atoms with Crippen LogP contribution >= 0.6 is 0 Å². The first-order chi connectivity index (χ1) is 22.3. The van der Waals surface area contributed by atoms with Crippen molar-refractivity contribution in [3.63, 3.8) is 0 Å². The molecule has 1 heteroatoms. The van der Waals surface area contributed by atoms with Crippen LogP contribution in [0.3, 0.4) is 0 Å². The lowest BCUT2D eigenvalue weighted by Crippen LogP contribution is -2.55. The summed E-state index contributed by atoms with van der Waals surface area (Å²) >= 11 is 0. The summed E-state index contributed by atoms with van der Waals surface area (Å²) in [6.07, 6.45) is 7.01. The molecule has 5 aliphatic carbocycles. The molecule has 0 atom stereocenters. The van der Waals surface area contributed by atoms with Crippen LogP contribution in [0.25, 0.3) is 33.0 Å². The molecule has 1 spiro atoms. The molecule has 0 unspecified atom stereocenters. The third kappa shape index (κ3) is 3.67. The second kappa shape index (κ2) is 9.69. The van der Waals surface area contributed by atoms with E-state index in [1.807, 2.05) is 0 Å². The Morgan fingerprint density at radius 2 is 1.09 bits per heavy atom. The van der Waals surface area contributed by atoms with Crippen molar-refractivity contribution in [2.24, 2.45) is 23.7 Å². The van der Waals surface area contributed by atoms with E-state index in [-0.39, 0.29) is 5.41 Å². The van der Waals surface area contributed by atoms with E-state index < -0.39 is 0 Å². The highest BCUT2D eigenvalue weighted by molar-refractivity contribution is 5.94. The van der Waals surface area contributed by atoms with E-state index in [1.54, 1.807) is 11.1 Å². The van der Waals surface area contributed by atoms with Crippen LogP contribution in [0.5, 0.6) is 0 Å². The molecule has 0 heterocycles. The molecule has 0 amide bonds. The van der Waals surface area contributed by atoms with Crippen LogP contribution in [-0.2, 0) is 5.41 Å². The normalized spacial score (nSPS) is 25.4. The van der Waals surface area contributed by atoms with Gasteiger partial charge in [0.15, 0.2) is 0 Å². The van der Waals surface area contributed by atoms with E-state index in [1.165, 1.54) is 82.2 Å². The van der Waals surface area contributed by atoms with Crippen LogP contribution in [0, 0.1) is 23.7 Å². The molecule has 1 nitrogen and oxygen atoms in total. The monoisotopic (exact) mass is 579 g/mol. The second-order valence-electron chi connectivity index (χ2n) is 14.2. The average molecular weight is 580 g/mol. The standard InChI is InChI=1S/C44H37N/c1-2-9-31(10-3-1)33-17-20-37(21-18-33)45(38-22-19-32-11-4-5-12-34(32)28-38)42-16-8-14-40-39-13-6-7-15-41(39)44(43(40)42)35-24-29-23-30(26-35)27-36(44)25-29/h1-22,28-30,35-36H,23-27H2. The first kappa shape index (κ1) is 25.7. The molecule has 4 fully saturated rings. The lowest BCUT2D eigenvalue weighted by molar-refractivity contribution is -0.0397. The van der Waals surface area contributed by atoms with Crippen molar-refractivity contribution in [1.29, 1.82) is 0 Å². The Kier molecular flexibility index (Phi) is 5.53. The van der Waals surface area contributed by atoms with Gasteiger partial charge in [0.2, 0.25) is 0 Å². The number of hydrogen-bond donors (Lipinski definition) is 0. The smallest absolute Gasteiger partial charge is 0.0509 e. The maximum absolute atomic E-state index is 2.58. The zero-order valence-corrected chi connectivity index (χ0v) is 25.6. The van der Waals surface area contributed by atoms with Crippen molar-refractivity contribution < 1.29 is 0 Å². The van der Waals surface area contributed by atoms with E-state index in [2.05, 4.69) is 144 Å². The molecular weight excluding hydrogens is 542 g/mol. The van der Waals surface area contributed by atoms with Gasteiger partial charge in [-0.05, 0) is 130 Å². The highest BCUT2D eigenvalue weighted by Gasteiger charge is 2.62. The molecule has 0 saturated heterocycles. The minimum absolute atomic E-state index is 0.0923. The van der Waals surface area contributed by atoms with Crippen LogP contribution in [0.4, 0.5) is 17.1 Å². The van der Waals surface area contributed by atoms with Crippen molar-refractivity contribution in [2.75, 3.05) is 4.90 Å². The van der Waals surface area contributed by atoms with Gasteiger partial charge in [0.25, 0.3) is 0 Å². The van der Waals surface area contributed by atoms with E-state index in [0.717, 1.165) is 23.7 Å². The first-order valence-electron chi connectivity index (χ1n) is 16.9. The fourth-order valence-corrected chi connectivity index (χ4v) is 10.6. The minimum Gasteiger partial charge on any atom is -0.310 e. The Balaban J connectivity index is 1.22. The molecule has 4 saturated carbocycles. The molecule has 0 aliphatic heterocycles. The van der Waals surface area contributed by atoms with Crippen molar-refractivity contribution in [3.05, 3.63) is 151 Å². The molecule has 4 bridgehead atoms. The predicted molar refractivity (Wildman–Crippen MR) is 187 cm³/mol. The SMILES string of the molecule is c1ccc(-c2ccc(N(c3ccc4ccccc4c3)c3cccc4c3C3(c5ccccc5-4)C4CC5CC(C4)CC3C5)cc2)cc1. The van der Waals surface area contributed by atoms with Crippen LogP contribution in [0.2, 0.25) is 0 Å². The Bertz CT molecular complexity index is 2040. The highest BCUT2D eigenvalue weighted by atomic mass is 15.1. The van der Waals surface area contributed by atoms with Crippen LogP contribution in [0.1, 0.15) is 43.2 Å². The van der Waals surface area contributed by atoms with Crippen LogP contribution < -0.4 is 4.90 Å². The topological polar surface area (TPSA) is 3.24 Å². The third-order valence-electron chi connectivity index (χ3n) is 12.0. The van der Waals surface area contributed by atoms with Gasteiger partial charge in [0.05, 0.1) is 5.69 Å². The zero-order chi connectivity index (χ0) is 29.5. The summed E-state index contributed by atoms with van der Waals surface area (Å²) in [5.41, 5.74) is 12.5. The lowest BCUT2D eigenvalue weighted by atomic mass is 9.43. The summed E-state index contributed by atoms with van der Waals surface area (Å²) in [4.78, 5) is 2.58. The Morgan fingerprint density at radius 1 is 0.467 bits per heavy atom. The van der Waals surface area contributed by atoms with Crippen molar-refractivity contribution in [3.8, 4) is 22.3 Å². The average Bonchev–Trinajstić information content (AvgIpc) is 3.39. The molecule has 45 heavy (non-hydrogen) atoms. The number of rotatable bonds is 4. The molecule has 6 aromatic rings. The summed E-state index contributed by atoms with van der Waals surface area (Å²) in [7, 11) is 0. The minimum atomic E-state index is 0.0923. The fourth-order valence-electron chi connectivity index (χ4n) is 10.6. The second-order valence-corrected chi connectivity index (χ2v) is 14.2. The predicted octanol–water partition coefficient (Wildman–Crippen LogP) is 11.7. The molecule has 6 aromatic carbocycles. The molecule has 0 aromatic heterocycles. The summed E-state index contributed by atoms with van der Waals surface area (Å²) in [6, 6.07) is 52.4. The van der Waals surface area contributed by atoms with Crippen molar-refractivity contribution in [2.45, 2.75) is 37.5 Å². The Hall–Kier alpha value is -4.62. The lowest BCUT2D eigenvalue weighted by Gasteiger charge is -2.61. The van der Waals surface area contributed by atoms with E-state index >= 15 is 0 Å². The number of fused-ring (bicyclic) bond motifs is 4. The molecule has 0 N–H and O–H groups in total. The number of benzene rings is 6. The maximum Gasteiger partial charge on any atom is 0.0509 e. The summed E-state index contributed by atoms with van der Waals surface area (Å²) in [5, 5.41) is 2.56. The fraction of sp³-hybridized carbons (Fsp3) is 0.227. The molecular formula is C44H37N. The van der Waals surface area contributed by atoms with E-state index in [0.29, 0.717) is 0 Å². The summed E-state index contributed by atoms with van der Waals surface area (Å²) < 4.78 is 0. The summed E-state index contributed by atoms with van der Waals surface area (Å²) in [5.74, 6) is 3.28. The van der Waals surface area contributed by atoms with Gasteiger partial charge >= 0.3 is 0 Å². The van der Waals surface area contributed by atoms with Crippen LogP contribution in [-0.4, -0.2) is 0 Å². The molecule has 0 radical (unpaired) electrons. The number of nitrogens with zero attached hydrogens (tertiary/aromatic N) is 1. The summed E-state index contributed by atoms with van der Waals surface area (Å²) in [6.45, 7) is 0. The van der Waals surface area contributed by atoms with Gasteiger partial charge in [-0.1, -0.05) is 109 Å². The molecule has 218 valence electrons. The van der Waals surface area contributed by atoms with Gasteiger partial charge in [-0.25, -0.2) is 0 Å². The number of hydrogen-bond acceptors (Lipinski definition) is 1. The van der Waals surface area contributed by atoms with Gasteiger partial charge < -0.3 is 4.90 Å². The maximum atomic E-state index is 2.58. The van der Waals surface area contributed by atoms with Gasteiger partial charge in [0.1, 0.15) is 0 Å². The van der Waals surface area contributed by atoms with Gasteiger partial charge in [-0.15, -0.1) is 0 Å². The van der Waals surface area contributed by atoms with Crippen molar-refractivity contribution >= 4 is 27.8 Å². The zero-order valence-electron chi connectivity index (χ0n) is 25.6. The quantitative estimate of drug-likeness (QED) is 0.201. The van der Waals surface area contributed by atoms with Crippen molar-refractivity contribution in [1.82, 2.24) is 0 Å². The van der Waals surface area contributed by atoms with Gasteiger partial charge in [-0.2, -0.15) is 0 Å². The van der Waals surface area contributed by atoms with E-state index in [9.17, 15) is 0 Å². The largest absolute Gasteiger partial charge is 0.310 e. The Labute approximate surface area is 266 Å². The van der Waals surface area contributed by atoms with Crippen LogP contribution in [0.15, 0.2) is 140 Å². The first-order valence-corrected chi connectivity index (χ1v) is 16.9. The molecule has 5 aliphatic rings. The third-order valence-corrected chi connectivity index (χ3v) is 12.0. The van der Waals surface area contributed by atoms with E-state index in [4.69, 9.17) is 0 Å². The molecule has 11 rings (SSSR count). The highest BCUT2D eigenvalue weighted by Crippen LogP contribution is 2.71.